The summed E-state index contributed by atoms with van der Waals surface area (Å²) in [6, 6.07) is 18.7. The van der Waals surface area contributed by atoms with Crippen LogP contribution < -0.4 is 10.6 Å². The van der Waals surface area contributed by atoms with Crippen LogP contribution in [0.1, 0.15) is 11.6 Å². The molecule has 0 saturated carbocycles. The highest BCUT2D eigenvalue weighted by molar-refractivity contribution is 6.10. The molecule has 1 unspecified atom stereocenters. The molecule has 0 bridgehead atoms. The van der Waals surface area contributed by atoms with Gasteiger partial charge in [-0.25, -0.2) is 4.99 Å². The predicted octanol–water partition coefficient (Wildman–Crippen LogP) is 2.33. The van der Waals surface area contributed by atoms with E-state index in [4.69, 9.17) is 0 Å². The van der Waals surface area contributed by atoms with E-state index >= 15 is 0 Å². The zero-order valence-corrected chi connectivity index (χ0v) is 10.2. The summed E-state index contributed by atoms with van der Waals surface area (Å²) < 4.78 is 0. The second-order valence-corrected chi connectivity index (χ2v) is 4.27. The van der Waals surface area contributed by atoms with Crippen molar-refractivity contribution in [2.24, 2.45) is 4.99 Å². The Bertz CT molecular complexity index is 608. The molecule has 1 amide bonds. The van der Waals surface area contributed by atoms with Crippen molar-refractivity contribution in [2.45, 2.75) is 6.04 Å². The molecule has 1 aliphatic rings. The zero-order valence-electron chi connectivity index (χ0n) is 10.2. The van der Waals surface area contributed by atoms with Crippen LogP contribution >= 0.6 is 0 Å². The standard InChI is InChI=1S/C15H13N3O/c19-14-13(11-7-3-1-4-8-11)17-15(18-14)16-12-9-5-2-6-10-12/h1-10,13H,(H2,16,17,18,19). The number of carbonyl (C=O) groups is 1. The van der Waals surface area contributed by atoms with E-state index in [0.717, 1.165) is 11.3 Å². The van der Waals surface area contributed by atoms with Gasteiger partial charge in [0, 0.05) is 5.69 Å². The molecule has 0 saturated heterocycles. The highest BCUT2D eigenvalue weighted by Gasteiger charge is 2.27. The SMILES string of the molecule is O=C1NC(Nc2ccccc2)=NC1c1ccccc1. The molecular weight excluding hydrogens is 238 g/mol. The van der Waals surface area contributed by atoms with E-state index < -0.39 is 6.04 Å². The molecule has 0 fully saturated rings. The summed E-state index contributed by atoms with van der Waals surface area (Å²) in [5, 5.41) is 5.84. The molecular formula is C15H13N3O. The number of aliphatic imine (C=N–C) groups is 1. The van der Waals surface area contributed by atoms with Gasteiger partial charge in [-0.2, -0.15) is 0 Å². The van der Waals surface area contributed by atoms with Crippen molar-refractivity contribution in [3.05, 3.63) is 66.2 Å². The number of guanidine groups is 1. The summed E-state index contributed by atoms with van der Waals surface area (Å²) in [7, 11) is 0. The third-order valence-electron chi connectivity index (χ3n) is 2.90. The van der Waals surface area contributed by atoms with Gasteiger partial charge in [-0.3, -0.25) is 10.1 Å². The van der Waals surface area contributed by atoms with Crippen molar-refractivity contribution in [2.75, 3.05) is 5.32 Å². The van der Waals surface area contributed by atoms with E-state index in [1.54, 1.807) is 0 Å². The van der Waals surface area contributed by atoms with Crippen LogP contribution in [-0.4, -0.2) is 11.9 Å². The summed E-state index contributed by atoms with van der Waals surface area (Å²) in [5.41, 5.74) is 1.79. The first-order chi connectivity index (χ1) is 9.33. The quantitative estimate of drug-likeness (QED) is 0.860. The maximum absolute atomic E-state index is 11.9. The molecule has 0 spiro atoms. The van der Waals surface area contributed by atoms with Crippen LogP contribution in [0.25, 0.3) is 0 Å². The molecule has 0 aromatic heterocycles. The summed E-state index contributed by atoms with van der Waals surface area (Å²) in [6.07, 6.45) is 0. The number of rotatable bonds is 2. The van der Waals surface area contributed by atoms with Crippen LogP contribution in [0, 0.1) is 0 Å². The fraction of sp³-hybridized carbons (Fsp3) is 0.0667. The van der Waals surface area contributed by atoms with Crippen LogP contribution in [0.5, 0.6) is 0 Å². The van der Waals surface area contributed by atoms with E-state index in [1.165, 1.54) is 0 Å². The Morgan fingerprint density at radius 2 is 1.58 bits per heavy atom. The lowest BCUT2D eigenvalue weighted by Crippen LogP contribution is -2.30. The van der Waals surface area contributed by atoms with Gasteiger partial charge in [-0.1, -0.05) is 48.5 Å². The van der Waals surface area contributed by atoms with E-state index in [0.29, 0.717) is 5.96 Å². The molecule has 1 atom stereocenters. The molecule has 0 radical (unpaired) electrons. The third kappa shape index (κ3) is 2.47. The van der Waals surface area contributed by atoms with E-state index in [1.807, 2.05) is 60.7 Å². The molecule has 0 aliphatic carbocycles. The minimum absolute atomic E-state index is 0.107. The number of anilines is 1. The van der Waals surface area contributed by atoms with Gasteiger partial charge in [-0.15, -0.1) is 0 Å². The lowest BCUT2D eigenvalue weighted by Gasteiger charge is -2.04. The first kappa shape index (κ1) is 11.5. The van der Waals surface area contributed by atoms with Crippen molar-refractivity contribution in [1.82, 2.24) is 5.32 Å². The van der Waals surface area contributed by atoms with Crippen LogP contribution in [0.3, 0.4) is 0 Å². The fourth-order valence-corrected chi connectivity index (χ4v) is 1.99. The number of hydrogen-bond acceptors (Lipinski definition) is 3. The fourth-order valence-electron chi connectivity index (χ4n) is 1.99. The van der Waals surface area contributed by atoms with Crippen molar-refractivity contribution in [3.8, 4) is 0 Å². The normalized spacial score (nSPS) is 17.8. The van der Waals surface area contributed by atoms with E-state index in [2.05, 4.69) is 15.6 Å². The average molecular weight is 251 g/mol. The molecule has 4 nitrogen and oxygen atoms in total. The summed E-state index contributed by atoms with van der Waals surface area (Å²) in [6.45, 7) is 0. The molecule has 2 N–H and O–H groups in total. The second kappa shape index (κ2) is 4.94. The van der Waals surface area contributed by atoms with Gasteiger partial charge in [0.1, 0.15) is 0 Å². The monoisotopic (exact) mass is 251 g/mol. The largest absolute Gasteiger partial charge is 0.326 e. The Kier molecular flexibility index (Phi) is 2.98. The summed E-state index contributed by atoms with van der Waals surface area (Å²) in [4.78, 5) is 16.3. The Balaban J connectivity index is 1.80. The Morgan fingerprint density at radius 1 is 0.947 bits per heavy atom. The van der Waals surface area contributed by atoms with Crippen molar-refractivity contribution >= 4 is 17.6 Å². The molecule has 94 valence electrons. The van der Waals surface area contributed by atoms with Gasteiger partial charge >= 0.3 is 0 Å². The van der Waals surface area contributed by atoms with Crippen LogP contribution in [0.4, 0.5) is 5.69 Å². The minimum atomic E-state index is -0.465. The molecule has 2 aromatic carbocycles. The van der Waals surface area contributed by atoms with Crippen molar-refractivity contribution in [3.63, 3.8) is 0 Å². The van der Waals surface area contributed by atoms with Crippen molar-refractivity contribution < 1.29 is 4.79 Å². The maximum Gasteiger partial charge on any atom is 0.256 e. The number of hydrogen-bond donors (Lipinski definition) is 2. The van der Waals surface area contributed by atoms with Crippen molar-refractivity contribution in [1.29, 1.82) is 0 Å². The number of benzene rings is 2. The molecule has 19 heavy (non-hydrogen) atoms. The van der Waals surface area contributed by atoms with Gasteiger partial charge in [0.25, 0.3) is 5.91 Å². The Hall–Kier alpha value is -2.62. The van der Waals surface area contributed by atoms with Gasteiger partial charge in [-0.05, 0) is 17.7 Å². The molecule has 2 aromatic rings. The lowest BCUT2D eigenvalue weighted by atomic mass is 10.1. The van der Waals surface area contributed by atoms with E-state index in [9.17, 15) is 4.79 Å². The first-order valence-electron chi connectivity index (χ1n) is 6.08. The smallest absolute Gasteiger partial charge is 0.256 e. The zero-order chi connectivity index (χ0) is 13.1. The topological polar surface area (TPSA) is 53.5 Å². The number of amides is 1. The number of para-hydroxylation sites is 1. The van der Waals surface area contributed by atoms with Crippen LogP contribution in [0.15, 0.2) is 65.7 Å². The van der Waals surface area contributed by atoms with Gasteiger partial charge in [0.05, 0.1) is 0 Å². The molecule has 4 heteroatoms. The van der Waals surface area contributed by atoms with Gasteiger partial charge < -0.3 is 5.32 Å². The average Bonchev–Trinajstić information content (AvgIpc) is 2.82. The highest BCUT2D eigenvalue weighted by Crippen LogP contribution is 2.21. The summed E-state index contributed by atoms with van der Waals surface area (Å²) in [5.74, 6) is 0.384. The maximum atomic E-state index is 11.9. The Morgan fingerprint density at radius 3 is 2.26 bits per heavy atom. The Labute approximate surface area is 111 Å². The van der Waals surface area contributed by atoms with Crippen LogP contribution in [-0.2, 0) is 4.79 Å². The predicted molar refractivity (Wildman–Crippen MR) is 74.8 cm³/mol. The number of nitrogens with one attached hydrogen (secondary N) is 2. The molecule has 1 aliphatic heterocycles. The first-order valence-corrected chi connectivity index (χ1v) is 6.08. The molecule has 3 rings (SSSR count). The highest BCUT2D eigenvalue weighted by atomic mass is 16.2. The number of carbonyl (C=O) groups excluding carboxylic acids is 1. The number of nitrogens with zero attached hydrogens (tertiary/aromatic N) is 1. The molecule has 1 heterocycles. The third-order valence-corrected chi connectivity index (χ3v) is 2.90. The lowest BCUT2D eigenvalue weighted by molar-refractivity contribution is -0.120. The van der Waals surface area contributed by atoms with Gasteiger partial charge in [0.15, 0.2) is 6.04 Å². The minimum Gasteiger partial charge on any atom is -0.326 e. The summed E-state index contributed by atoms with van der Waals surface area (Å²) >= 11 is 0. The van der Waals surface area contributed by atoms with Gasteiger partial charge in [0.2, 0.25) is 5.96 Å². The second-order valence-electron chi connectivity index (χ2n) is 4.27. The van der Waals surface area contributed by atoms with Crippen LogP contribution in [0.2, 0.25) is 0 Å². The van der Waals surface area contributed by atoms with E-state index in [-0.39, 0.29) is 5.91 Å².